The lowest BCUT2D eigenvalue weighted by Crippen LogP contribution is -2.45. The number of hydrogen-bond donors (Lipinski definition) is 2. The summed E-state index contributed by atoms with van der Waals surface area (Å²) in [7, 11) is 1.41. The molecule has 1 heterocycles. The van der Waals surface area contributed by atoms with Crippen LogP contribution < -0.4 is 4.74 Å². The molecule has 21 heavy (non-hydrogen) atoms. The summed E-state index contributed by atoms with van der Waals surface area (Å²) >= 11 is 0. The van der Waals surface area contributed by atoms with Gasteiger partial charge in [0, 0.05) is 13.1 Å². The number of rotatable bonds is 3. The number of para-hydroxylation sites is 1. The molecular weight excluding hydrogens is 274 g/mol. The van der Waals surface area contributed by atoms with E-state index in [0.29, 0.717) is 13.0 Å². The van der Waals surface area contributed by atoms with Crippen molar-refractivity contribution in [1.82, 2.24) is 4.90 Å². The highest BCUT2D eigenvalue weighted by Crippen LogP contribution is 2.31. The van der Waals surface area contributed by atoms with Crippen molar-refractivity contribution >= 4 is 11.9 Å². The molecule has 0 saturated carbocycles. The quantitative estimate of drug-likeness (QED) is 0.883. The lowest BCUT2D eigenvalue weighted by Gasteiger charge is -2.34. The minimum atomic E-state index is -0.894. The van der Waals surface area contributed by atoms with Gasteiger partial charge in [-0.1, -0.05) is 13.0 Å². The van der Waals surface area contributed by atoms with Gasteiger partial charge in [0.25, 0.3) is 5.91 Å². The number of carboxylic acids is 1. The number of carboxylic acid groups (broad SMARTS) is 1. The van der Waals surface area contributed by atoms with E-state index in [1.54, 1.807) is 12.1 Å². The van der Waals surface area contributed by atoms with Crippen LogP contribution in [-0.2, 0) is 4.79 Å². The van der Waals surface area contributed by atoms with Gasteiger partial charge in [0.1, 0.15) is 0 Å². The Bertz CT molecular complexity index is 557. The Balaban J connectivity index is 2.25. The van der Waals surface area contributed by atoms with Crippen LogP contribution in [0.5, 0.6) is 11.5 Å². The van der Waals surface area contributed by atoms with Gasteiger partial charge in [-0.25, -0.2) is 0 Å². The molecular formula is C15H19NO5. The number of benzene rings is 1. The predicted molar refractivity (Wildman–Crippen MR) is 75.5 cm³/mol. The molecule has 0 bridgehead atoms. The topological polar surface area (TPSA) is 87.1 Å². The number of amides is 1. The standard InChI is InChI=1S/C15H19NO5/c1-9-6-10(15(19)20)8-16(7-9)14(18)11-4-3-5-12(21-2)13(11)17/h3-5,9-10,17H,6-8H2,1-2H3,(H,19,20). The third-order valence-corrected chi connectivity index (χ3v) is 3.75. The summed E-state index contributed by atoms with van der Waals surface area (Å²) < 4.78 is 4.99. The predicted octanol–water partition coefficient (Wildman–Crippen LogP) is 1.58. The van der Waals surface area contributed by atoms with Gasteiger partial charge in [-0.05, 0) is 24.5 Å². The van der Waals surface area contributed by atoms with E-state index >= 15 is 0 Å². The van der Waals surface area contributed by atoms with Crippen molar-refractivity contribution in [1.29, 1.82) is 0 Å². The molecule has 6 nitrogen and oxygen atoms in total. The van der Waals surface area contributed by atoms with Crippen molar-refractivity contribution in [3.8, 4) is 11.5 Å². The minimum absolute atomic E-state index is 0.108. The summed E-state index contributed by atoms with van der Waals surface area (Å²) in [6.07, 6.45) is 0.559. The number of carbonyl (C=O) groups excluding carboxylic acids is 1. The van der Waals surface area contributed by atoms with Crippen molar-refractivity contribution in [2.45, 2.75) is 13.3 Å². The number of aromatic hydroxyl groups is 1. The van der Waals surface area contributed by atoms with E-state index in [-0.39, 0.29) is 35.4 Å². The summed E-state index contributed by atoms with van der Waals surface area (Å²) in [5, 5.41) is 19.2. The molecule has 0 spiro atoms. The lowest BCUT2D eigenvalue weighted by molar-refractivity contribution is -0.143. The second-order valence-corrected chi connectivity index (χ2v) is 5.44. The number of phenolic OH excluding ortho intramolecular Hbond substituents is 1. The van der Waals surface area contributed by atoms with Crippen LogP contribution in [0, 0.1) is 11.8 Å². The van der Waals surface area contributed by atoms with Gasteiger partial charge in [-0.3, -0.25) is 9.59 Å². The van der Waals surface area contributed by atoms with E-state index in [1.807, 2.05) is 6.92 Å². The van der Waals surface area contributed by atoms with E-state index in [2.05, 4.69) is 0 Å². The highest BCUT2D eigenvalue weighted by Gasteiger charge is 2.33. The Morgan fingerprint density at radius 1 is 1.33 bits per heavy atom. The average molecular weight is 293 g/mol. The zero-order chi connectivity index (χ0) is 15.6. The van der Waals surface area contributed by atoms with E-state index in [4.69, 9.17) is 9.84 Å². The third kappa shape index (κ3) is 3.09. The summed E-state index contributed by atoms with van der Waals surface area (Å²) in [5.74, 6) is -1.71. The Morgan fingerprint density at radius 2 is 2.05 bits per heavy atom. The maximum atomic E-state index is 12.5. The zero-order valence-corrected chi connectivity index (χ0v) is 12.1. The van der Waals surface area contributed by atoms with Gasteiger partial charge in [-0.15, -0.1) is 0 Å². The highest BCUT2D eigenvalue weighted by atomic mass is 16.5. The number of ether oxygens (including phenoxy) is 1. The molecule has 1 aliphatic rings. The molecule has 0 aromatic heterocycles. The van der Waals surface area contributed by atoms with E-state index in [1.165, 1.54) is 18.1 Å². The van der Waals surface area contributed by atoms with Crippen LogP contribution in [0.1, 0.15) is 23.7 Å². The number of likely N-dealkylation sites (tertiary alicyclic amines) is 1. The molecule has 1 aliphatic heterocycles. The SMILES string of the molecule is COc1cccc(C(=O)N2CC(C)CC(C(=O)O)C2)c1O. The maximum absolute atomic E-state index is 12.5. The summed E-state index contributed by atoms with van der Waals surface area (Å²) in [6.45, 7) is 2.56. The second-order valence-electron chi connectivity index (χ2n) is 5.44. The largest absolute Gasteiger partial charge is 0.504 e. The summed E-state index contributed by atoms with van der Waals surface area (Å²) in [6, 6.07) is 4.69. The monoisotopic (exact) mass is 293 g/mol. The van der Waals surface area contributed by atoms with Crippen LogP contribution in [0.15, 0.2) is 18.2 Å². The Morgan fingerprint density at radius 3 is 2.67 bits per heavy atom. The number of nitrogens with zero attached hydrogens (tertiary/aromatic N) is 1. The molecule has 2 atom stereocenters. The van der Waals surface area contributed by atoms with Gasteiger partial charge in [0.05, 0.1) is 18.6 Å². The fourth-order valence-electron chi connectivity index (χ4n) is 2.73. The minimum Gasteiger partial charge on any atom is -0.504 e. The van der Waals surface area contributed by atoms with E-state index in [9.17, 15) is 14.7 Å². The first-order valence-electron chi connectivity index (χ1n) is 6.82. The summed E-state index contributed by atoms with van der Waals surface area (Å²) in [4.78, 5) is 25.2. The van der Waals surface area contributed by atoms with Gasteiger partial charge >= 0.3 is 5.97 Å². The normalized spacial score (nSPS) is 21.9. The number of methoxy groups -OCH3 is 1. The van der Waals surface area contributed by atoms with Crippen LogP contribution in [-0.4, -0.2) is 47.2 Å². The molecule has 1 aromatic carbocycles. The van der Waals surface area contributed by atoms with E-state index in [0.717, 1.165) is 0 Å². The molecule has 6 heteroatoms. The van der Waals surface area contributed by atoms with Crippen molar-refractivity contribution in [2.75, 3.05) is 20.2 Å². The molecule has 1 fully saturated rings. The van der Waals surface area contributed by atoms with Crippen molar-refractivity contribution in [2.24, 2.45) is 11.8 Å². The third-order valence-electron chi connectivity index (χ3n) is 3.75. The molecule has 114 valence electrons. The van der Waals surface area contributed by atoms with Crippen LogP contribution in [0.3, 0.4) is 0 Å². The Kier molecular flexibility index (Phi) is 4.35. The number of hydrogen-bond acceptors (Lipinski definition) is 4. The first-order valence-corrected chi connectivity index (χ1v) is 6.82. The van der Waals surface area contributed by atoms with Crippen LogP contribution >= 0.6 is 0 Å². The van der Waals surface area contributed by atoms with Gasteiger partial charge in [-0.2, -0.15) is 0 Å². The number of phenols is 1. The van der Waals surface area contributed by atoms with Crippen LogP contribution in [0.2, 0.25) is 0 Å². The number of carbonyl (C=O) groups is 2. The number of piperidine rings is 1. The maximum Gasteiger partial charge on any atom is 0.308 e. The second kappa shape index (κ2) is 6.03. The molecule has 0 radical (unpaired) electrons. The van der Waals surface area contributed by atoms with Crippen LogP contribution in [0.25, 0.3) is 0 Å². The van der Waals surface area contributed by atoms with Gasteiger partial charge < -0.3 is 19.8 Å². The first-order chi connectivity index (χ1) is 9.93. The molecule has 2 rings (SSSR count). The molecule has 0 aliphatic carbocycles. The van der Waals surface area contributed by atoms with Crippen LogP contribution in [0.4, 0.5) is 0 Å². The molecule has 2 N–H and O–H groups in total. The Labute approximate surface area is 122 Å². The van der Waals surface area contributed by atoms with E-state index < -0.39 is 11.9 Å². The molecule has 1 aromatic rings. The molecule has 2 unspecified atom stereocenters. The fraction of sp³-hybridized carbons (Fsp3) is 0.467. The zero-order valence-electron chi connectivity index (χ0n) is 12.1. The average Bonchev–Trinajstić information content (AvgIpc) is 2.46. The Hall–Kier alpha value is -2.24. The van der Waals surface area contributed by atoms with Crippen molar-refractivity contribution in [3.05, 3.63) is 23.8 Å². The summed E-state index contributed by atoms with van der Waals surface area (Å²) in [5.41, 5.74) is 0.132. The van der Waals surface area contributed by atoms with Crippen molar-refractivity contribution in [3.63, 3.8) is 0 Å². The molecule has 1 saturated heterocycles. The smallest absolute Gasteiger partial charge is 0.308 e. The lowest BCUT2D eigenvalue weighted by atomic mass is 9.90. The number of aliphatic carboxylic acids is 1. The van der Waals surface area contributed by atoms with Crippen molar-refractivity contribution < 1.29 is 24.5 Å². The van der Waals surface area contributed by atoms with Gasteiger partial charge in [0.2, 0.25) is 0 Å². The first kappa shape index (κ1) is 15.2. The fourth-order valence-corrected chi connectivity index (χ4v) is 2.73. The highest BCUT2D eigenvalue weighted by molar-refractivity contribution is 5.98. The molecule has 1 amide bonds. The van der Waals surface area contributed by atoms with Gasteiger partial charge in [0.15, 0.2) is 11.5 Å².